The van der Waals surface area contributed by atoms with Crippen LogP contribution in [0.2, 0.25) is 0 Å². The Kier molecular flexibility index (Phi) is 7.96. The van der Waals surface area contributed by atoms with E-state index in [-0.39, 0.29) is 18.4 Å². The number of H-pyrrole nitrogens is 1. The lowest BCUT2D eigenvalue weighted by atomic mass is 9.94. The van der Waals surface area contributed by atoms with Crippen molar-refractivity contribution in [1.29, 1.82) is 0 Å². The molecule has 34 heavy (non-hydrogen) atoms. The number of aromatic nitrogens is 6. The SMILES string of the molecule is CCOC(CN1CC[C@H](Nc2nc3cnc(-c4cn[nH]c4)c(OC(C)C)n3n2)[C@H](C)C1)OCC. The standard InChI is InChI=1S/C23H36N8O3/c1-6-32-20(33-7-2)14-30-9-8-18(16(5)13-30)27-23-28-19-12-24-21(17-10-25-26-11-17)22(31(19)29-23)34-15(3)4/h10-12,15-16,18,20H,6-9,13-14H2,1-5H3,(H,25,26)(H,27,29)/t16-,18+/m1/s1. The maximum Gasteiger partial charge on any atom is 0.244 e. The number of hydrogen-bond acceptors (Lipinski definition) is 9. The fourth-order valence-electron chi connectivity index (χ4n) is 4.32. The highest BCUT2D eigenvalue weighted by Crippen LogP contribution is 2.29. The van der Waals surface area contributed by atoms with Gasteiger partial charge in [-0.05, 0) is 40.0 Å². The third-order valence-electron chi connectivity index (χ3n) is 5.87. The Hall–Kier alpha value is -2.76. The summed E-state index contributed by atoms with van der Waals surface area (Å²) in [6.45, 7) is 14.2. The first-order valence-corrected chi connectivity index (χ1v) is 12.1. The minimum atomic E-state index is -0.178. The van der Waals surface area contributed by atoms with Gasteiger partial charge in [0.25, 0.3) is 0 Å². The van der Waals surface area contributed by atoms with Crippen molar-refractivity contribution in [2.45, 2.75) is 59.5 Å². The fraction of sp³-hybridized carbons (Fsp3) is 0.652. The fourth-order valence-corrected chi connectivity index (χ4v) is 4.32. The molecule has 1 aliphatic heterocycles. The maximum absolute atomic E-state index is 6.10. The number of nitrogens with zero attached hydrogens (tertiary/aromatic N) is 6. The van der Waals surface area contributed by atoms with E-state index in [0.29, 0.717) is 42.3 Å². The lowest BCUT2D eigenvalue weighted by Gasteiger charge is -2.38. The zero-order chi connectivity index (χ0) is 24.1. The Morgan fingerprint density at radius 3 is 2.65 bits per heavy atom. The molecule has 4 rings (SSSR count). The lowest BCUT2D eigenvalue weighted by molar-refractivity contribution is -0.149. The van der Waals surface area contributed by atoms with E-state index in [4.69, 9.17) is 19.3 Å². The van der Waals surface area contributed by atoms with Crippen molar-refractivity contribution in [3.05, 3.63) is 18.6 Å². The van der Waals surface area contributed by atoms with Crippen molar-refractivity contribution in [2.24, 2.45) is 5.92 Å². The molecule has 1 aliphatic rings. The van der Waals surface area contributed by atoms with Gasteiger partial charge in [0.15, 0.2) is 11.9 Å². The summed E-state index contributed by atoms with van der Waals surface area (Å²) < 4.78 is 19.3. The molecule has 0 unspecified atom stereocenters. The monoisotopic (exact) mass is 472 g/mol. The first-order valence-electron chi connectivity index (χ1n) is 12.1. The molecule has 2 N–H and O–H groups in total. The van der Waals surface area contributed by atoms with Crippen LogP contribution in [0.5, 0.6) is 5.88 Å². The second kappa shape index (κ2) is 11.1. The summed E-state index contributed by atoms with van der Waals surface area (Å²) in [5.74, 6) is 1.54. The van der Waals surface area contributed by atoms with Crippen molar-refractivity contribution in [1.82, 2.24) is 34.7 Å². The van der Waals surface area contributed by atoms with E-state index < -0.39 is 0 Å². The molecule has 3 aromatic rings. The first-order chi connectivity index (χ1) is 16.5. The number of aromatic amines is 1. The maximum atomic E-state index is 6.10. The van der Waals surface area contributed by atoms with Gasteiger partial charge in [0.1, 0.15) is 5.69 Å². The van der Waals surface area contributed by atoms with E-state index in [1.165, 1.54) is 0 Å². The van der Waals surface area contributed by atoms with E-state index in [0.717, 1.165) is 31.6 Å². The van der Waals surface area contributed by atoms with Crippen molar-refractivity contribution >= 4 is 11.6 Å². The van der Waals surface area contributed by atoms with Gasteiger partial charge in [-0.3, -0.25) is 10.00 Å². The van der Waals surface area contributed by atoms with Crippen LogP contribution < -0.4 is 10.1 Å². The summed E-state index contributed by atoms with van der Waals surface area (Å²) >= 11 is 0. The third-order valence-corrected chi connectivity index (χ3v) is 5.87. The molecular weight excluding hydrogens is 436 g/mol. The van der Waals surface area contributed by atoms with Gasteiger partial charge in [0, 0.05) is 50.7 Å². The second-order valence-corrected chi connectivity index (χ2v) is 8.89. The van der Waals surface area contributed by atoms with Gasteiger partial charge in [-0.15, -0.1) is 5.10 Å². The predicted molar refractivity (Wildman–Crippen MR) is 129 cm³/mol. The van der Waals surface area contributed by atoms with Crippen LogP contribution in [0.25, 0.3) is 16.9 Å². The zero-order valence-corrected chi connectivity index (χ0v) is 20.7. The van der Waals surface area contributed by atoms with E-state index in [1.54, 1.807) is 23.1 Å². The molecule has 4 heterocycles. The molecule has 11 nitrogen and oxygen atoms in total. The molecule has 0 aromatic carbocycles. The second-order valence-electron chi connectivity index (χ2n) is 8.89. The van der Waals surface area contributed by atoms with Crippen molar-refractivity contribution < 1.29 is 14.2 Å². The van der Waals surface area contributed by atoms with Crippen molar-refractivity contribution in [3.8, 4) is 17.1 Å². The molecule has 1 saturated heterocycles. The Morgan fingerprint density at radius 2 is 2.00 bits per heavy atom. The van der Waals surface area contributed by atoms with E-state index in [9.17, 15) is 0 Å². The van der Waals surface area contributed by atoms with Crippen LogP contribution in [0.1, 0.15) is 41.0 Å². The summed E-state index contributed by atoms with van der Waals surface area (Å²) in [6, 6.07) is 0.266. The molecule has 0 radical (unpaired) electrons. The molecule has 1 fully saturated rings. The number of anilines is 1. The highest BCUT2D eigenvalue weighted by atomic mass is 16.7. The van der Waals surface area contributed by atoms with E-state index in [2.05, 4.69) is 37.3 Å². The summed E-state index contributed by atoms with van der Waals surface area (Å²) in [6.07, 6.45) is 5.98. The van der Waals surface area contributed by atoms with Crippen LogP contribution in [-0.4, -0.2) is 86.0 Å². The van der Waals surface area contributed by atoms with Gasteiger partial charge >= 0.3 is 0 Å². The van der Waals surface area contributed by atoms with E-state index >= 15 is 0 Å². The predicted octanol–water partition coefficient (Wildman–Crippen LogP) is 2.82. The topological polar surface area (TPSA) is 115 Å². The number of nitrogens with one attached hydrogen (secondary N) is 2. The molecule has 0 amide bonds. The number of rotatable bonds is 11. The molecule has 2 atom stereocenters. The molecule has 11 heteroatoms. The van der Waals surface area contributed by atoms with Crippen LogP contribution in [0.3, 0.4) is 0 Å². The quantitative estimate of drug-likeness (QED) is 0.407. The average molecular weight is 473 g/mol. The molecule has 186 valence electrons. The number of hydrogen-bond donors (Lipinski definition) is 2. The normalized spacial score (nSPS) is 19.4. The number of likely N-dealkylation sites (tertiary alicyclic amines) is 1. The van der Waals surface area contributed by atoms with Crippen LogP contribution in [-0.2, 0) is 9.47 Å². The summed E-state index contributed by atoms with van der Waals surface area (Å²) in [5.41, 5.74) is 2.14. The minimum Gasteiger partial charge on any atom is -0.473 e. The van der Waals surface area contributed by atoms with Crippen molar-refractivity contribution in [3.63, 3.8) is 0 Å². The minimum absolute atomic E-state index is 0.0415. The van der Waals surface area contributed by atoms with Crippen LogP contribution >= 0.6 is 0 Å². The number of piperidine rings is 1. The lowest BCUT2D eigenvalue weighted by Crippen LogP contribution is -2.48. The van der Waals surface area contributed by atoms with Crippen LogP contribution in [0, 0.1) is 5.92 Å². The molecule has 0 saturated carbocycles. The first kappa shape index (κ1) is 24.4. The molecular formula is C23H36N8O3. The highest BCUT2D eigenvalue weighted by Gasteiger charge is 2.29. The van der Waals surface area contributed by atoms with Gasteiger partial charge in [-0.2, -0.15) is 14.6 Å². The number of ether oxygens (including phenoxy) is 3. The summed E-state index contributed by atoms with van der Waals surface area (Å²) in [7, 11) is 0. The van der Waals surface area contributed by atoms with E-state index in [1.807, 2.05) is 27.7 Å². The van der Waals surface area contributed by atoms with Gasteiger partial charge < -0.3 is 19.5 Å². The van der Waals surface area contributed by atoms with Crippen molar-refractivity contribution in [2.75, 3.05) is 38.2 Å². The summed E-state index contributed by atoms with van der Waals surface area (Å²) in [4.78, 5) is 11.7. The van der Waals surface area contributed by atoms with Crippen LogP contribution in [0.15, 0.2) is 18.6 Å². The molecule has 0 bridgehead atoms. The molecule has 0 aliphatic carbocycles. The highest BCUT2D eigenvalue weighted by molar-refractivity contribution is 5.65. The smallest absolute Gasteiger partial charge is 0.244 e. The Balaban J connectivity index is 1.47. The molecule has 0 spiro atoms. The number of fused-ring (bicyclic) bond motifs is 1. The van der Waals surface area contributed by atoms with Gasteiger partial charge in [0.05, 0.1) is 18.5 Å². The van der Waals surface area contributed by atoms with Gasteiger partial charge in [0.2, 0.25) is 11.8 Å². The van der Waals surface area contributed by atoms with Gasteiger partial charge in [-0.25, -0.2) is 4.98 Å². The zero-order valence-electron chi connectivity index (χ0n) is 20.7. The molecule has 3 aromatic heterocycles. The average Bonchev–Trinajstić information content (AvgIpc) is 3.46. The van der Waals surface area contributed by atoms with Gasteiger partial charge in [-0.1, -0.05) is 6.92 Å². The Bertz CT molecular complexity index is 1030. The Labute approximate surface area is 200 Å². The summed E-state index contributed by atoms with van der Waals surface area (Å²) in [5, 5.41) is 15.1. The van der Waals surface area contributed by atoms with Crippen LogP contribution in [0.4, 0.5) is 5.95 Å². The Morgan fingerprint density at radius 1 is 1.21 bits per heavy atom. The largest absolute Gasteiger partial charge is 0.473 e. The third kappa shape index (κ3) is 5.65.